The van der Waals surface area contributed by atoms with Gasteiger partial charge in [0.25, 0.3) is 0 Å². The lowest BCUT2D eigenvalue weighted by Crippen LogP contribution is -2.90. The van der Waals surface area contributed by atoms with E-state index >= 15 is 0 Å². The number of nitrogens with two attached hydrogens (primary N) is 1. The summed E-state index contributed by atoms with van der Waals surface area (Å²) in [6.45, 7) is 2.71. The van der Waals surface area contributed by atoms with Crippen LogP contribution in [0.3, 0.4) is 0 Å². The van der Waals surface area contributed by atoms with Gasteiger partial charge in [-0.25, -0.2) is 0 Å². The maximum atomic E-state index is 9.72. The first-order valence-corrected chi connectivity index (χ1v) is 7.85. The van der Waals surface area contributed by atoms with E-state index in [0.29, 0.717) is 19.2 Å². The number of hydrogen-bond donors (Lipinski definition) is 5. The third kappa shape index (κ3) is 5.05. The molecule has 19 heavy (non-hydrogen) atoms. The first-order valence-electron chi connectivity index (χ1n) is 6.32. The minimum absolute atomic E-state index is 0.351. The summed E-state index contributed by atoms with van der Waals surface area (Å²) in [6, 6.07) is 0.485. The number of rotatable bonds is 7. The zero-order chi connectivity index (χ0) is 14.4. The summed E-state index contributed by atoms with van der Waals surface area (Å²) in [7, 11) is 0. The van der Waals surface area contributed by atoms with Gasteiger partial charge in [0.1, 0.15) is 24.4 Å². The van der Waals surface area contributed by atoms with Crippen LogP contribution in [0.1, 0.15) is 6.92 Å². The van der Waals surface area contributed by atoms with Gasteiger partial charge in [-0.3, -0.25) is 0 Å². The van der Waals surface area contributed by atoms with Gasteiger partial charge < -0.3 is 35.2 Å². The van der Waals surface area contributed by atoms with Gasteiger partial charge in [-0.2, -0.15) is 0 Å². The average Bonchev–Trinajstić information content (AvgIpc) is 2.42. The smallest absolute Gasteiger partial charge is 0.186 e. The van der Waals surface area contributed by atoms with Gasteiger partial charge in [-0.1, -0.05) is 22.6 Å². The molecule has 0 saturated carbocycles. The van der Waals surface area contributed by atoms with Crippen LogP contribution >= 0.6 is 22.6 Å². The molecule has 0 amide bonds. The molecule has 1 aliphatic rings. The summed E-state index contributed by atoms with van der Waals surface area (Å²) in [6.07, 6.45) is -5.99. The van der Waals surface area contributed by atoms with Crippen molar-refractivity contribution in [1.82, 2.24) is 0 Å². The highest BCUT2D eigenvalue weighted by molar-refractivity contribution is 14.1. The number of aliphatic hydroxyl groups excluding tert-OH is 4. The van der Waals surface area contributed by atoms with E-state index in [1.54, 1.807) is 0 Å². The number of halogens is 1. The highest BCUT2D eigenvalue weighted by atomic mass is 127. The second-order valence-electron chi connectivity index (χ2n) is 4.72. The fourth-order valence-corrected chi connectivity index (χ4v) is 2.16. The highest BCUT2D eigenvalue weighted by Gasteiger charge is 2.43. The largest absolute Gasteiger partial charge is 0.394 e. The van der Waals surface area contributed by atoms with Gasteiger partial charge in [0.2, 0.25) is 0 Å². The van der Waals surface area contributed by atoms with Crippen molar-refractivity contribution in [3.63, 3.8) is 0 Å². The molecule has 0 radical (unpaired) electrons. The Morgan fingerprint density at radius 1 is 1.26 bits per heavy atom. The van der Waals surface area contributed by atoms with Gasteiger partial charge in [0.05, 0.1) is 30.2 Å². The minimum Gasteiger partial charge on any atom is -0.394 e. The molecule has 6 atom stereocenters. The second kappa shape index (κ2) is 8.67. The molecule has 7 nitrogen and oxygen atoms in total. The summed E-state index contributed by atoms with van der Waals surface area (Å²) in [5.41, 5.74) is 0. The molecule has 0 spiro atoms. The Labute approximate surface area is 126 Å². The number of ether oxygens (including phenoxy) is 2. The summed E-state index contributed by atoms with van der Waals surface area (Å²) < 4.78 is 11.6. The van der Waals surface area contributed by atoms with Crippen LogP contribution in [0.5, 0.6) is 0 Å². The zero-order valence-electron chi connectivity index (χ0n) is 10.9. The van der Waals surface area contributed by atoms with Crippen LogP contribution in [0, 0.1) is 0 Å². The fourth-order valence-electron chi connectivity index (χ4n) is 1.80. The zero-order valence-corrected chi connectivity index (χ0v) is 13.0. The summed E-state index contributed by atoms with van der Waals surface area (Å²) in [4.78, 5) is 0. The van der Waals surface area contributed by atoms with Crippen LogP contribution in [0.15, 0.2) is 0 Å². The van der Waals surface area contributed by atoms with Crippen molar-refractivity contribution in [3.05, 3.63) is 0 Å². The molecule has 0 bridgehead atoms. The van der Waals surface area contributed by atoms with Crippen molar-refractivity contribution in [2.45, 2.75) is 43.7 Å². The Morgan fingerprint density at radius 2 is 1.95 bits per heavy atom. The lowest BCUT2D eigenvalue weighted by Gasteiger charge is -2.39. The molecule has 6 N–H and O–H groups in total. The van der Waals surface area contributed by atoms with Crippen LogP contribution in [-0.2, 0) is 9.47 Å². The Hall–Kier alpha value is 0.450. The second-order valence-corrected chi connectivity index (χ2v) is 5.60. The lowest BCUT2D eigenvalue weighted by molar-refractivity contribution is -0.683. The third-order valence-corrected chi connectivity index (χ3v) is 4.45. The Balaban J connectivity index is 2.35. The Kier molecular flexibility index (Phi) is 7.99. The molecule has 6 unspecified atom stereocenters. The number of hydrogen-bond acceptors (Lipinski definition) is 6. The Bertz CT molecular complexity index is 257. The fraction of sp³-hybridized carbons (Fsp3) is 1.00. The van der Waals surface area contributed by atoms with Crippen LogP contribution in [0.2, 0.25) is 0 Å². The lowest BCUT2D eigenvalue weighted by atomic mass is 9.99. The molecule has 1 saturated heterocycles. The molecule has 114 valence electrons. The molecule has 8 heteroatoms. The van der Waals surface area contributed by atoms with E-state index in [1.165, 1.54) is 0 Å². The molecule has 0 aromatic rings. The van der Waals surface area contributed by atoms with Crippen LogP contribution in [0.4, 0.5) is 0 Å². The monoisotopic (exact) mass is 392 g/mol. The van der Waals surface area contributed by atoms with E-state index in [0.717, 1.165) is 4.43 Å². The van der Waals surface area contributed by atoms with Gasteiger partial charge in [-0.15, -0.1) is 0 Å². The maximum absolute atomic E-state index is 9.72. The standard InChI is InChI=1S/C11H22INO6/c1-6(4-12)13-2-3-18-11-10(17)9(16)8(15)7(5-14)19-11/h6-11,13-17H,2-5H2,1H3/p+1. The van der Waals surface area contributed by atoms with Crippen LogP contribution in [0.25, 0.3) is 0 Å². The van der Waals surface area contributed by atoms with Crippen molar-refractivity contribution in [2.75, 3.05) is 24.2 Å². The molecule has 1 aliphatic heterocycles. The van der Waals surface area contributed by atoms with E-state index in [-0.39, 0.29) is 0 Å². The van der Waals surface area contributed by atoms with Gasteiger partial charge in [0.15, 0.2) is 6.29 Å². The number of aliphatic hydroxyl groups is 4. The van der Waals surface area contributed by atoms with Gasteiger partial charge in [-0.05, 0) is 6.92 Å². The topological polar surface area (TPSA) is 116 Å². The van der Waals surface area contributed by atoms with E-state index in [1.807, 2.05) is 0 Å². The number of quaternary nitrogens is 1. The van der Waals surface area contributed by atoms with Gasteiger partial charge >= 0.3 is 0 Å². The molecular formula is C11H23INO6+. The average molecular weight is 392 g/mol. The van der Waals surface area contributed by atoms with E-state index in [9.17, 15) is 15.3 Å². The SMILES string of the molecule is CC(CI)[NH2+]CCOC1OC(CO)C(O)C(O)C1O. The van der Waals surface area contributed by atoms with Gasteiger partial charge in [0, 0.05) is 0 Å². The summed E-state index contributed by atoms with van der Waals surface area (Å²) >= 11 is 2.30. The predicted octanol–water partition coefficient (Wildman–Crippen LogP) is -2.81. The molecule has 1 fully saturated rings. The molecule has 0 aromatic carbocycles. The van der Waals surface area contributed by atoms with Crippen molar-refractivity contribution in [3.8, 4) is 0 Å². The van der Waals surface area contributed by atoms with Crippen molar-refractivity contribution >= 4 is 22.6 Å². The third-order valence-electron chi connectivity index (χ3n) is 3.06. The molecule has 0 aliphatic carbocycles. The quantitative estimate of drug-likeness (QED) is 0.182. The van der Waals surface area contributed by atoms with Crippen LogP contribution < -0.4 is 5.32 Å². The highest BCUT2D eigenvalue weighted by Crippen LogP contribution is 2.21. The predicted molar refractivity (Wildman–Crippen MR) is 74.9 cm³/mol. The van der Waals surface area contributed by atoms with Crippen molar-refractivity contribution < 1.29 is 35.2 Å². The molecular weight excluding hydrogens is 369 g/mol. The normalized spacial score (nSPS) is 37.3. The van der Waals surface area contributed by atoms with Crippen LogP contribution in [-0.4, -0.2) is 81.4 Å². The first-order chi connectivity index (χ1) is 9.01. The first kappa shape index (κ1) is 17.5. The minimum atomic E-state index is -1.38. The Morgan fingerprint density at radius 3 is 2.53 bits per heavy atom. The summed E-state index contributed by atoms with van der Waals surface area (Å²) in [5.74, 6) is 0. The maximum Gasteiger partial charge on any atom is 0.186 e. The van der Waals surface area contributed by atoms with Crippen molar-refractivity contribution in [1.29, 1.82) is 0 Å². The van der Waals surface area contributed by atoms with E-state index < -0.39 is 37.3 Å². The molecule has 1 rings (SSSR count). The number of alkyl halides is 1. The molecule has 0 aromatic heterocycles. The molecule has 1 heterocycles. The summed E-state index contributed by atoms with van der Waals surface area (Å²) in [5, 5.41) is 40.0. The van der Waals surface area contributed by atoms with Crippen molar-refractivity contribution in [2.24, 2.45) is 0 Å². The van der Waals surface area contributed by atoms with E-state index in [2.05, 4.69) is 34.8 Å². The van der Waals surface area contributed by atoms with E-state index in [4.69, 9.17) is 14.6 Å².